The average Bonchev–Trinajstić information content (AvgIpc) is 2.32. The lowest BCUT2D eigenvalue weighted by Gasteiger charge is -2.21. The Kier molecular flexibility index (Phi) is 2.96. The highest BCUT2D eigenvalue weighted by Crippen LogP contribution is 2.30. The van der Waals surface area contributed by atoms with Gasteiger partial charge in [0, 0.05) is 18.5 Å². The Morgan fingerprint density at radius 3 is 2.62 bits per heavy atom. The third-order valence-corrected chi connectivity index (χ3v) is 2.78. The molecule has 3 heteroatoms. The number of carbonyl (C=O) groups is 1. The van der Waals surface area contributed by atoms with Crippen molar-refractivity contribution in [2.75, 3.05) is 13.1 Å². The molecule has 0 aliphatic carbocycles. The summed E-state index contributed by atoms with van der Waals surface area (Å²) in [7, 11) is 0. The summed E-state index contributed by atoms with van der Waals surface area (Å²) in [6, 6.07) is 0. The third kappa shape index (κ3) is 2.21. The minimum absolute atomic E-state index is 0.181. The van der Waals surface area contributed by atoms with Gasteiger partial charge in [-0.25, -0.2) is 0 Å². The molecule has 1 amide bonds. The van der Waals surface area contributed by atoms with Gasteiger partial charge in [0.25, 0.3) is 0 Å². The minimum Gasteiger partial charge on any atom is -0.391 e. The lowest BCUT2D eigenvalue weighted by Crippen LogP contribution is -2.36. The molecular formula is C10H19NO2. The highest BCUT2D eigenvalue weighted by atomic mass is 16.3. The average molecular weight is 185 g/mol. The fourth-order valence-electron chi connectivity index (χ4n) is 1.61. The summed E-state index contributed by atoms with van der Waals surface area (Å²) >= 11 is 0. The van der Waals surface area contributed by atoms with Crippen LogP contribution in [-0.2, 0) is 4.79 Å². The van der Waals surface area contributed by atoms with E-state index in [1.54, 1.807) is 4.90 Å². The van der Waals surface area contributed by atoms with Gasteiger partial charge < -0.3 is 10.0 Å². The summed E-state index contributed by atoms with van der Waals surface area (Å²) in [5, 5.41) is 9.41. The maximum Gasteiger partial charge on any atom is 0.228 e. The molecule has 1 saturated heterocycles. The maximum atomic E-state index is 11.7. The van der Waals surface area contributed by atoms with E-state index in [1.807, 2.05) is 20.8 Å². The zero-order valence-corrected chi connectivity index (χ0v) is 8.71. The topological polar surface area (TPSA) is 40.5 Å². The second-order valence-corrected chi connectivity index (χ2v) is 4.45. The first-order valence-electron chi connectivity index (χ1n) is 4.95. The van der Waals surface area contributed by atoms with Crippen LogP contribution in [0, 0.1) is 5.41 Å². The van der Waals surface area contributed by atoms with E-state index in [1.165, 1.54) is 0 Å². The summed E-state index contributed by atoms with van der Waals surface area (Å²) < 4.78 is 0. The number of β-amino-alcohol motifs (C(OH)–C–C–N with tert-alkyl or cyclic N) is 1. The van der Waals surface area contributed by atoms with Crippen LogP contribution in [0.25, 0.3) is 0 Å². The second-order valence-electron chi connectivity index (χ2n) is 4.45. The van der Waals surface area contributed by atoms with Crippen LogP contribution < -0.4 is 0 Å². The fourth-order valence-corrected chi connectivity index (χ4v) is 1.61. The quantitative estimate of drug-likeness (QED) is 0.713. The van der Waals surface area contributed by atoms with Crippen molar-refractivity contribution in [1.29, 1.82) is 0 Å². The van der Waals surface area contributed by atoms with Gasteiger partial charge in [-0.05, 0) is 12.8 Å². The van der Waals surface area contributed by atoms with Crippen molar-refractivity contribution in [3.8, 4) is 0 Å². The summed E-state index contributed by atoms with van der Waals surface area (Å²) in [5.41, 5.74) is -0.215. The van der Waals surface area contributed by atoms with Gasteiger partial charge in [0.2, 0.25) is 5.91 Å². The van der Waals surface area contributed by atoms with Crippen molar-refractivity contribution in [2.45, 2.75) is 39.7 Å². The van der Waals surface area contributed by atoms with E-state index < -0.39 is 0 Å². The predicted molar refractivity (Wildman–Crippen MR) is 51.3 cm³/mol. The standard InChI is InChI=1S/C10H19NO2/c1-4-8(12)7-11-6-5-10(2,3)9(11)13/h8,12H,4-7H2,1-3H3. The van der Waals surface area contributed by atoms with E-state index in [0.717, 1.165) is 13.0 Å². The van der Waals surface area contributed by atoms with Crippen molar-refractivity contribution in [2.24, 2.45) is 5.41 Å². The molecule has 1 N–H and O–H groups in total. The first-order chi connectivity index (χ1) is 5.97. The van der Waals surface area contributed by atoms with Crippen LogP contribution in [0.4, 0.5) is 0 Å². The van der Waals surface area contributed by atoms with Crippen LogP contribution in [0.2, 0.25) is 0 Å². The smallest absolute Gasteiger partial charge is 0.228 e. The summed E-state index contributed by atoms with van der Waals surface area (Å²) in [6.45, 7) is 7.15. The van der Waals surface area contributed by atoms with Gasteiger partial charge in [0.05, 0.1) is 6.10 Å². The normalized spacial score (nSPS) is 23.7. The van der Waals surface area contributed by atoms with E-state index in [2.05, 4.69) is 0 Å². The molecule has 1 atom stereocenters. The number of aliphatic hydroxyl groups excluding tert-OH is 1. The first-order valence-corrected chi connectivity index (χ1v) is 4.95. The molecule has 0 radical (unpaired) electrons. The van der Waals surface area contributed by atoms with Crippen LogP contribution >= 0.6 is 0 Å². The molecule has 1 unspecified atom stereocenters. The molecule has 76 valence electrons. The van der Waals surface area contributed by atoms with Crippen molar-refractivity contribution in [3.05, 3.63) is 0 Å². The van der Waals surface area contributed by atoms with Crippen molar-refractivity contribution in [1.82, 2.24) is 4.90 Å². The van der Waals surface area contributed by atoms with E-state index in [-0.39, 0.29) is 17.4 Å². The number of amides is 1. The lowest BCUT2D eigenvalue weighted by molar-refractivity contribution is -0.135. The maximum absolute atomic E-state index is 11.7. The highest BCUT2D eigenvalue weighted by Gasteiger charge is 2.38. The Morgan fingerprint density at radius 2 is 2.23 bits per heavy atom. The summed E-state index contributed by atoms with van der Waals surface area (Å²) in [5.74, 6) is 0.181. The molecule has 0 aromatic carbocycles. The van der Waals surface area contributed by atoms with Crippen LogP contribution in [0.15, 0.2) is 0 Å². The Hall–Kier alpha value is -0.570. The number of carbonyl (C=O) groups excluding carboxylic acids is 1. The van der Waals surface area contributed by atoms with E-state index >= 15 is 0 Å². The van der Waals surface area contributed by atoms with Crippen molar-refractivity contribution < 1.29 is 9.90 Å². The van der Waals surface area contributed by atoms with Crippen LogP contribution in [0.3, 0.4) is 0 Å². The van der Waals surface area contributed by atoms with Crippen molar-refractivity contribution in [3.63, 3.8) is 0 Å². The molecule has 0 spiro atoms. The Morgan fingerprint density at radius 1 is 1.62 bits per heavy atom. The zero-order chi connectivity index (χ0) is 10.1. The molecule has 1 aliphatic rings. The van der Waals surface area contributed by atoms with E-state index in [9.17, 15) is 9.90 Å². The van der Waals surface area contributed by atoms with Gasteiger partial charge in [0.15, 0.2) is 0 Å². The summed E-state index contributed by atoms with van der Waals surface area (Å²) in [4.78, 5) is 13.5. The second kappa shape index (κ2) is 3.66. The van der Waals surface area contributed by atoms with Gasteiger partial charge in [0.1, 0.15) is 0 Å². The lowest BCUT2D eigenvalue weighted by atomic mass is 9.92. The van der Waals surface area contributed by atoms with Crippen LogP contribution in [0.5, 0.6) is 0 Å². The number of likely N-dealkylation sites (tertiary alicyclic amines) is 1. The highest BCUT2D eigenvalue weighted by molar-refractivity contribution is 5.84. The Balaban J connectivity index is 2.51. The monoisotopic (exact) mass is 185 g/mol. The molecule has 1 fully saturated rings. The first kappa shape index (κ1) is 10.5. The molecule has 3 nitrogen and oxygen atoms in total. The molecule has 0 bridgehead atoms. The predicted octanol–water partition coefficient (Wildman–Crippen LogP) is 1.02. The number of hydrogen-bond acceptors (Lipinski definition) is 2. The minimum atomic E-state index is -0.363. The SMILES string of the molecule is CCC(O)CN1CCC(C)(C)C1=O. The molecule has 13 heavy (non-hydrogen) atoms. The third-order valence-electron chi connectivity index (χ3n) is 2.78. The number of aliphatic hydroxyl groups is 1. The van der Waals surface area contributed by atoms with E-state index in [4.69, 9.17) is 0 Å². The number of rotatable bonds is 3. The molecule has 0 aromatic heterocycles. The molecule has 1 aliphatic heterocycles. The van der Waals surface area contributed by atoms with Gasteiger partial charge >= 0.3 is 0 Å². The summed E-state index contributed by atoms with van der Waals surface area (Å²) in [6.07, 6.45) is 1.25. The fraction of sp³-hybridized carbons (Fsp3) is 0.900. The molecule has 1 heterocycles. The van der Waals surface area contributed by atoms with Crippen molar-refractivity contribution >= 4 is 5.91 Å². The molecular weight excluding hydrogens is 166 g/mol. The molecule has 0 aromatic rings. The zero-order valence-electron chi connectivity index (χ0n) is 8.71. The van der Waals surface area contributed by atoms with E-state index in [0.29, 0.717) is 13.0 Å². The molecule has 1 rings (SSSR count). The Bertz CT molecular complexity index is 201. The van der Waals surface area contributed by atoms with Crippen LogP contribution in [-0.4, -0.2) is 35.1 Å². The molecule has 0 saturated carbocycles. The van der Waals surface area contributed by atoms with Gasteiger partial charge in [-0.15, -0.1) is 0 Å². The largest absolute Gasteiger partial charge is 0.391 e. The number of hydrogen-bond donors (Lipinski definition) is 1. The number of nitrogens with zero attached hydrogens (tertiary/aromatic N) is 1. The van der Waals surface area contributed by atoms with Gasteiger partial charge in [-0.2, -0.15) is 0 Å². The van der Waals surface area contributed by atoms with Gasteiger partial charge in [-0.1, -0.05) is 20.8 Å². The Labute approximate surface area is 79.7 Å². The van der Waals surface area contributed by atoms with Gasteiger partial charge in [-0.3, -0.25) is 4.79 Å². The van der Waals surface area contributed by atoms with Crippen LogP contribution in [0.1, 0.15) is 33.6 Å².